The van der Waals surface area contributed by atoms with E-state index in [1.807, 2.05) is 0 Å². The zero-order chi connectivity index (χ0) is 10.9. The first kappa shape index (κ1) is 10.6. The quantitative estimate of drug-likeness (QED) is 0.592. The first-order chi connectivity index (χ1) is 6.45. The molecule has 0 fully saturated rings. The molecule has 0 aliphatic rings. The lowest BCUT2D eigenvalue weighted by Gasteiger charge is -2.07. The highest BCUT2D eigenvalue weighted by Gasteiger charge is 2.20. The molecule has 0 saturated heterocycles. The maximum Gasteiger partial charge on any atom is 0.266 e. The topological polar surface area (TPSA) is 43.1 Å². The fourth-order valence-electron chi connectivity index (χ4n) is 1.13. The van der Waals surface area contributed by atoms with Gasteiger partial charge in [0.2, 0.25) is 0 Å². The van der Waals surface area contributed by atoms with Crippen LogP contribution in [0.15, 0.2) is 12.1 Å². The first-order valence-corrected chi connectivity index (χ1v) is 3.82. The highest BCUT2D eigenvalue weighted by atomic mass is 19.3. The predicted octanol–water partition coefficient (Wildman–Crippen LogP) is 2.55. The van der Waals surface area contributed by atoms with E-state index in [4.69, 9.17) is 5.73 Å². The molecule has 0 radical (unpaired) electrons. The standard InChI is InChI=1S/C9H8F3NO/c1-4(14)7-6(13)3-2-5(8(7)10)9(11)12/h2-3,9H,13H2,1H3. The van der Waals surface area contributed by atoms with Gasteiger partial charge in [-0.15, -0.1) is 0 Å². The molecule has 0 aliphatic carbocycles. The van der Waals surface area contributed by atoms with Crippen molar-refractivity contribution in [2.24, 2.45) is 0 Å². The Labute approximate surface area is 78.5 Å². The Bertz CT molecular complexity index is 377. The molecule has 2 N–H and O–H groups in total. The number of hydrogen-bond donors (Lipinski definition) is 1. The maximum absolute atomic E-state index is 13.3. The molecule has 0 aliphatic heterocycles. The van der Waals surface area contributed by atoms with Crippen LogP contribution in [0.1, 0.15) is 29.3 Å². The fraction of sp³-hybridized carbons (Fsp3) is 0.222. The predicted molar refractivity (Wildman–Crippen MR) is 45.8 cm³/mol. The van der Waals surface area contributed by atoms with Crippen LogP contribution in [0.5, 0.6) is 0 Å². The smallest absolute Gasteiger partial charge is 0.266 e. The van der Waals surface area contributed by atoms with Crippen molar-refractivity contribution in [1.29, 1.82) is 0 Å². The molecule has 5 heteroatoms. The van der Waals surface area contributed by atoms with Crippen molar-refractivity contribution in [3.8, 4) is 0 Å². The van der Waals surface area contributed by atoms with Gasteiger partial charge in [-0.05, 0) is 19.1 Å². The van der Waals surface area contributed by atoms with Crippen molar-refractivity contribution in [3.63, 3.8) is 0 Å². The number of ketones is 1. The minimum Gasteiger partial charge on any atom is -0.398 e. The summed E-state index contributed by atoms with van der Waals surface area (Å²) < 4.78 is 37.7. The van der Waals surface area contributed by atoms with Crippen molar-refractivity contribution in [1.82, 2.24) is 0 Å². The van der Waals surface area contributed by atoms with Gasteiger partial charge in [0.1, 0.15) is 5.82 Å². The highest BCUT2D eigenvalue weighted by Crippen LogP contribution is 2.27. The van der Waals surface area contributed by atoms with E-state index < -0.39 is 29.2 Å². The van der Waals surface area contributed by atoms with E-state index in [9.17, 15) is 18.0 Å². The van der Waals surface area contributed by atoms with Gasteiger partial charge >= 0.3 is 0 Å². The Morgan fingerprint density at radius 1 is 1.43 bits per heavy atom. The van der Waals surface area contributed by atoms with Gasteiger partial charge in [-0.1, -0.05) is 0 Å². The normalized spacial score (nSPS) is 10.6. The summed E-state index contributed by atoms with van der Waals surface area (Å²) in [4.78, 5) is 10.9. The van der Waals surface area contributed by atoms with Crippen LogP contribution in [0.4, 0.5) is 18.9 Å². The van der Waals surface area contributed by atoms with Gasteiger partial charge in [0, 0.05) is 5.69 Å². The van der Waals surface area contributed by atoms with Crippen LogP contribution in [0.2, 0.25) is 0 Å². The zero-order valence-corrected chi connectivity index (χ0v) is 7.35. The van der Waals surface area contributed by atoms with E-state index in [1.54, 1.807) is 0 Å². The number of anilines is 1. The maximum atomic E-state index is 13.3. The molecule has 1 aromatic rings. The first-order valence-electron chi connectivity index (χ1n) is 3.82. The molecule has 0 unspecified atom stereocenters. The highest BCUT2D eigenvalue weighted by molar-refractivity contribution is 5.99. The van der Waals surface area contributed by atoms with E-state index in [0.29, 0.717) is 0 Å². The Kier molecular flexibility index (Phi) is 2.78. The third kappa shape index (κ3) is 1.71. The Balaban J connectivity index is 3.41. The molecule has 0 amide bonds. The van der Waals surface area contributed by atoms with Crippen LogP contribution in [0.3, 0.4) is 0 Å². The monoisotopic (exact) mass is 203 g/mol. The molecule has 1 rings (SSSR count). The summed E-state index contributed by atoms with van der Waals surface area (Å²) in [7, 11) is 0. The summed E-state index contributed by atoms with van der Waals surface area (Å²) in [6.45, 7) is 1.07. The van der Waals surface area contributed by atoms with Crippen LogP contribution in [0.25, 0.3) is 0 Å². The van der Waals surface area contributed by atoms with Gasteiger partial charge in [-0.3, -0.25) is 4.79 Å². The number of hydrogen-bond acceptors (Lipinski definition) is 2. The molecule has 2 nitrogen and oxygen atoms in total. The number of alkyl halides is 2. The van der Waals surface area contributed by atoms with Crippen molar-refractivity contribution in [3.05, 3.63) is 29.1 Å². The molecule has 0 bridgehead atoms. The molecule has 1 aromatic carbocycles. The average molecular weight is 203 g/mol. The third-order valence-corrected chi connectivity index (χ3v) is 1.79. The lowest BCUT2D eigenvalue weighted by molar-refractivity contribution is 0.101. The molecule has 0 saturated carbocycles. The van der Waals surface area contributed by atoms with Gasteiger partial charge < -0.3 is 5.73 Å². The van der Waals surface area contributed by atoms with Crippen molar-refractivity contribution in [2.75, 3.05) is 5.73 Å². The Hall–Kier alpha value is -1.52. The molecule has 0 spiro atoms. The van der Waals surface area contributed by atoms with Gasteiger partial charge in [0.15, 0.2) is 5.78 Å². The summed E-state index contributed by atoms with van der Waals surface area (Å²) in [6, 6.07) is 1.98. The van der Waals surface area contributed by atoms with Crippen LogP contribution in [-0.2, 0) is 0 Å². The summed E-state index contributed by atoms with van der Waals surface area (Å²) in [5, 5.41) is 0. The summed E-state index contributed by atoms with van der Waals surface area (Å²) >= 11 is 0. The van der Waals surface area contributed by atoms with Crippen LogP contribution in [0, 0.1) is 5.82 Å². The minimum atomic E-state index is -2.95. The lowest BCUT2D eigenvalue weighted by Crippen LogP contribution is -2.06. The van der Waals surface area contributed by atoms with Gasteiger partial charge in [-0.25, -0.2) is 13.2 Å². The number of carbonyl (C=O) groups is 1. The molecule has 14 heavy (non-hydrogen) atoms. The SMILES string of the molecule is CC(=O)c1c(N)ccc(C(F)F)c1F. The van der Waals surface area contributed by atoms with Crippen molar-refractivity contribution < 1.29 is 18.0 Å². The van der Waals surface area contributed by atoms with Gasteiger partial charge in [-0.2, -0.15) is 0 Å². The molecule has 0 heterocycles. The molecule has 0 aromatic heterocycles. The third-order valence-electron chi connectivity index (χ3n) is 1.79. The average Bonchev–Trinajstić information content (AvgIpc) is 2.02. The second-order valence-corrected chi connectivity index (χ2v) is 2.79. The van der Waals surface area contributed by atoms with Crippen LogP contribution < -0.4 is 5.73 Å². The number of nitrogens with two attached hydrogens (primary N) is 1. The van der Waals surface area contributed by atoms with E-state index in [2.05, 4.69) is 0 Å². The summed E-state index contributed by atoms with van der Waals surface area (Å²) in [5.41, 5.74) is 3.89. The van der Waals surface area contributed by atoms with E-state index in [1.165, 1.54) is 0 Å². The number of benzene rings is 1. The van der Waals surface area contributed by atoms with E-state index >= 15 is 0 Å². The summed E-state index contributed by atoms with van der Waals surface area (Å²) in [5.74, 6) is -1.89. The van der Waals surface area contributed by atoms with Crippen molar-refractivity contribution >= 4 is 11.5 Å². The second kappa shape index (κ2) is 3.69. The molecule has 76 valence electrons. The van der Waals surface area contributed by atoms with Gasteiger partial charge in [0.05, 0.1) is 11.1 Å². The largest absolute Gasteiger partial charge is 0.398 e. The summed E-state index contributed by atoms with van der Waals surface area (Å²) in [6.07, 6.45) is -2.95. The number of halogens is 3. The number of nitrogen functional groups attached to an aromatic ring is 1. The van der Waals surface area contributed by atoms with E-state index in [-0.39, 0.29) is 5.69 Å². The Morgan fingerprint density at radius 2 is 2.00 bits per heavy atom. The number of Topliss-reactive ketones (excluding diaryl/α,β-unsaturated/α-hetero) is 1. The fourth-order valence-corrected chi connectivity index (χ4v) is 1.13. The van der Waals surface area contributed by atoms with Crippen LogP contribution >= 0.6 is 0 Å². The molecular formula is C9H8F3NO. The van der Waals surface area contributed by atoms with E-state index in [0.717, 1.165) is 19.1 Å². The number of carbonyl (C=O) groups excluding carboxylic acids is 1. The molecular weight excluding hydrogens is 195 g/mol. The Morgan fingerprint density at radius 3 is 2.43 bits per heavy atom. The minimum absolute atomic E-state index is 0.126. The van der Waals surface area contributed by atoms with Crippen molar-refractivity contribution in [2.45, 2.75) is 13.3 Å². The van der Waals surface area contributed by atoms with Crippen LogP contribution in [-0.4, -0.2) is 5.78 Å². The zero-order valence-electron chi connectivity index (χ0n) is 7.35. The lowest BCUT2D eigenvalue weighted by atomic mass is 10.0. The van der Waals surface area contributed by atoms with Gasteiger partial charge in [0.25, 0.3) is 6.43 Å². The second-order valence-electron chi connectivity index (χ2n) is 2.79. The molecule has 0 atom stereocenters. The number of rotatable bonds is 2.